The summed E-state index contributed by atoms with van der Waals surface area (Å²) in [6.07, 6.45) is 6.21. The molecule has 6 heteroatoms. The van der Waals surface area contributed by atoms with Gasteiger partial charge in [-0.3, -0.25) is 0 Å². The minimum Gasteiger partial charge on any atom is -0.550 e. The molecule has 1 rings (SSSR count). The SMILES string of the molecule is CC(=O)[O-].CC[n+]1ccn(CCOCCOC)c1. The van der Waals surface area contributed by atoms with E-state index in [0.29, 0.717) is 13.2 Å². The molecule has 0 saturated carbocycles. The standard InChI is InChI=1S/C10H19N2O2.C2H4O2/c1-3-11-4-5-12(10-11)6-7-14-9-8-13-2;1-2(3)4/h4-5,10H,3,6-9H2,1-2H3;1H3,(H,3,4)/q+1;/p-1. The highest BCUT2D eigenvalue weighted by Gasteiger charge is 2.00. The maximum Gasteiger partial charge on any atom is 0.243 e. The molecule has 0 aliphatic rings. The highest BCUT2D eigenvalue weighted by Crippen LogP contribution is 1.86. The van der Waals surface area contributed by atoms with Gasteiger partial charge >= 0.3 is 0 Å². The van der Waals surface area contributed by atoms with Crippen molar-refractivity contribution in [3.8, 4) is 0 Å². The van der Waals surface area contributed by atoms with Gasteiger partial charge in [-0.25, -0.2) is 9.13 Å². The molecule has 1 aromatic rings. The molecule has 0 bridgehead atoms. The number of aromatic nitrogens is 2. The number of nitrogens with zero attached hydrogens (tertiary/aromatic N) is 2. The molecule has 0 unspecified atom stereocenters. The first-order valence-electron chi connectivity index (χ1n) is 5.89. The Bertz CT molecular complexity index is 322. The summed E-state index contributed by atoms with van der Waals surface area (Å²) in [5.74, 6) is -1.08. The van der Waals surface area contributed by atoms with Crippen LogP contribution in [-0.2, 0) is 27.4 Å². The number of hydrogen-bond acceptors (Lipinski definition) is 4. The predicted molar refractivity (Wildman–Crippen MR) is 63.7 cm³/mol. The summed E-state index contributed by atoms with van der Waals surface area (Å²) in [6, 6.07) is 0. The first-order chi connectivity index (χ1) is 8.60. The number of aliphatic carboxylic acids is 1. The summed E-state index contributed by atoms with van der Waals surface area (Å²) in [5, 5.41) is 8.89. The average Bonchev–Trinajstić information content (AvgIpc) is 2.76. The zero-order valence-electron chi connectivity index (χ0n) is 11.3. The van der Waals surface area contributed by atoms with E-state index in [0.717, 1.165) is 26.6 Å². The van der Waals surface area contributed by atoms with Crippen LogP contribution in [0.3, 0.4) is 0 Å². The molecule has 0 saturated heterocycles. The van der Waals surface area contributed by atoms with E-state index < -0.39 is 5.97 Å². The molecule has 0 aromatic carbocycles. The van der Waals surface area contributed by atoms with E-state index in [1.807, 2.05) is 0 Å². The highest BCUT2D eigenvalue weighted by atomic mass is 16.5. The van der Waals surface area contributed by atoms with Crippen molar-refractivity contribution in [3.05, 3.63) is 18.7 Å². The molecular weight excluding hydrogens is 236 g/mol. The molecule has 0 radical (unpaired) electrons. The van der Waals surface area contributed by atoms with Crippen LogP contribution < -0.4 is 9.67 Å². The maximum atomic E-state index is 8.89. The van der Waals surface area contributed by atoms with Crippen molar-refractivity contribution < 1.29 is 23.9 Å². The summed E-state index contributed by atoms with van der Waals surface area (Å²) in [4.78, 5) is 8.89. The Morgan fingerprint density at radius 3 is 2.56 bits per heavy atom. The second-order valence-corrected chi connectivity index (χ2v) is 3.58. The third-order valence-electron chi connectivity index (χ3n) is 2.04. The molecule has 6 nitrogen and oxygen atoms in total. The molecule has 104 valence electrons. The number of rotatable bonds is 7. The van der Waals surface area contributed by atoms with Gasteiger partial charge < -0.3 is 19.4 Å². The van der Waals surface area contributed by atoms with Gasteiger partial charge in [-0.1, -0.05) is 0 Å². The van der Waals surface area contributed by atoms with Crippen LogP contribution in [0, 0.1) is 0 Å². The van der Waals surface area contributed by atoms with Gasteiger partial charge in [0.2, 0.25) is 6.33 Å². The number of aryl methyl sites for hydroxylation is 1. The molecule has 0 aliphatic heterocycles. The van der Waals surface area contributed by atoms with E-state index in [9.17, 15) is 0 Å². The summed E-state index contributed by atoms with van der Waals surface area (Å²) >= 11 is 0. The first kappa shape index (κ1) is 16.6. The van der Waals surface area contributed by atoms with Gasteiger partial charge in [0.05, 0.1) is 26.4 Å². The lowest BCUT2D eigenvalue weighted by atomic mass is 10.6. The average molecular weight is 258 g/mol. The summed E-state index contributed by atoms with van der Waals surface area (Å²) in [6.45, 7) is 7.08. The van der Waals surface area contributed by atoms with Crippen LogP contribution in [0.25, 0.3) is 0 Å². The molecule has 0 amide bonds. The van der Waals surface area contributed by atoms with Crippen molar-refractivity contribution in [1.82, 2.24) is 4.57 Å². The predicted octanol–water partition coefficient (Wildman–Crippen LogP) is -0.785. The molecule has 0 fully saturated rings. The smallest absolute Gasteiger partial charge is 0.243 e. The minimum atomic E-state index is -1.08. The van der Waals surface area contributed by atoms with Crippen molar-refractivity contribution in [2.75, 3.05) is 26.9 Å². The quantitative estimate of drug-likeness (QED) is 0.475. The van der Waals surface area contributed by atoms with E-state index in [2.05, 4.69) is 34.8 Å². The van der Waals surface area contributed by atoms with Crippen LogP contribution in [0.1, 0.15) is 13.8 Å². The van der Waals surface area contributed by atoms with E-state index in [4.69, 9.17) is 19.4 Å². The topological polar surface area (TPSA) is 67.4 Å². The van der Waals surface area contributed by atoms with Gasteiger partial charge in [0, 0.05) is 13.1 Å². The lowest BCUT2D eigenvalue weighted by molar-refractivity contribution is -0.693. The first-order valence-corrected chi connectivity index (χ1v) is 5.89. The third-order valence-corrected chi connectivity index (χ3v) is 2.04. The van der Waals surface area contributed by atoms with E-state index in [-0.39, 0.29) is 0 Å². The number of carboxylic acid groups (broad SMARTS) is 1. The number of carbonyl (C=O) groups is 1. The Hall–Kier alpha value is -1.40. The number of ether oxygens (including phenoxy) is 2. The highest BCUT2D eigenvalue weighted by molar-refractivity contribution is 5.60. The van der Waals surface area contributed by atoms with E-state index >= 15 is 0 Å². The Kier molecular flexibility index (Phi) is 9.90. The number of carboxylic acids is 1. The van der Waals surface area contributed by atoms with Crippen LogP contribution >= 0.6 is 0 Å². The second kappa shape index (κ2) is 10.7. The van der Waals surface area contributed by atoms with Crippen molar-refractivity contribution >= 4 is 5.97 Å². The summed E-state index contributed by atoms with van der Waals surface area (Å²) in [7, 11) is 1.68. The monoisotopic (exact) mass is 258 g/mol. The van der Waals surface area contributed by atoms with Gasteiger partial charge in [0.25, 0.3) is 0 Å². The van der Waals surface area contributed by atoms with Crippen LogP contribution in [0.2, 0.25) is 0 Å². The Morgan fingerprint density at radius 2 is 2.06 bits per heavy atom. The fraction of sp³-hybridized carbons (Fsp3) is 0.667. The fourth-order valence-electron chi connectivity index (χ4n) is 1.17. The maximum absolute atomic E-state index is 8.89. The van der Waals surface area contributed by atoms with Crippen molar-refractivity contribution in [1.29, 1.82) is 0 Å². The van der Waals surface area contributed by atoms with Crippen molar-refractivity contribution in [3.63, 3.8) is 0 Å². The lowest BCUT2D eigenvalue weighted by Gasteiger charge is -2.00. The summed E-state index contributed by atoms with van der Waals surface area (Å²) < 4.78 is 14.5. The number of imidazole rings is 1. The minimum absolute atomic E-state index is 0.667. The van der Waals surface area contributed by atoms with Crippen LogP contribution in [0.15, 0.2) is 18.7 Å². The Balaban J connectivity index is 0.000000631. The summed E-state index contributed by atoms with van der Waals surface area (Å²) in [5.41, 5.74) is 0. The van der Waals surface area contributed by atoms with Crippen LogP contribution in [0.4, 0.5) is 0 Å². The van der Waals surface area contributed by atoms with Crippen LogP contribution in [0.5, 0.6) is 0 Å². The molecule has 0 N–H and O–H groups in total. The molecule has 1 heterocycles. The van der Waals surface area contributed by atoms with Crippen LogP contribution in [-0.4, -0.2) is 37.5 Å². The van der Waals surface area contributed by atoms with Gasteiger partial charge in [-0.2, -0.15) is 0 Å². The fourth-order valence-corrected chi connectivity index (χ4v) is 1.17. The molecule has 0 atom stereocenters. The van der Waals surface area contributed by atoms with Gasteiger partial charge in [0.1, 0.15) is 18.9 Å². The molecule has 0 spiro atoms. The zero-order chi connectivity index (χ0) is 13.8. The Labute approximate surface area is 108 Å². The molecular formula is C12H22N2O4. The number of carbonyl (C=O) groups excluding carboxylic acids is 1. The second-order valence-electron chi connectivity index (χ2n) is 3.58. The lowest BCUT2D eigenvalue weighted by Crippen LogP contribution is -2.29. The molecule has 0 aliphatic carbocycles. The Morgan fingerprint density at radius 1 is 1.39 bits per heavy atom. The van der Waals surface area contributed by atoms with Gasteiger partial charge in [0.15, 0.2) is 0 Å². The normalized spacial score (nSPS) is 9.72. The van der Waals surface area contributed by atoms with Crippen molar-refractivity contribution in [2.24, 2.45) is 0 Å². The molecule has 1 aromatic heterocycles. The van der Waals surface area contributed by atoms with E-state index in [1.54, 1.807) is 7.11 Å². The largest absolute Gasteiger partial charge is 0.550 e. The zero-order valence-corrected chi connectivity index (χ0v) is 11.3. The van der Waals surface area contributed by atoms with Gasteiger partial charge in [-0.05, 0) is 13.8 Å². The third kappa shape index (κ3) is 9.80. The number of methoxy groups -OCH3 is 1. The van der Waals surface area contributed by atoms with E-state index in [1.165, 1.54) is 0 Å². The van der Waals surface area contributed by atoms with Gasteiger partial charge in [-0.15, -0.1) is 0 Å². The molecule has 18 heavy (non-hydrogen) atoms. The number of hydrogen-bond donors (Lipinski definition) is 0. The van der Waals surface area contributed by atoms with Crippen molar-refractivity contribution in [2.45, 2.75) is 26.9 Å².